The topological polar surface area (TPSA) is 126 Å². The van der Waals surface area contributed by atoms with Gasteiger partial charge in [-0.25, -0.2) is 0 Å². The standard InChI is InChI=1S/C32H40N4O4/c1-21(2)24-9-5-8-23(13-24)19-34-20-30(37)29-15-22-7-6-10-28(14-22)40-12-4-3-11-35-27-17-25(31(33)38)16-26(18-27)32(39)36-29/h5-10,13-14,16-18,21,29-30,34-35,37H,3-4,11-12,15,19-20H2,1-2H3,(H2,33,38)(H,36,39)/t29-,30+/m0/s1. The zero-order valence-electron chi connectivity index (χ0n) is 23.3. The van der Waals surface area contributed by atoms with E-state index in [1.807, 2.05) is 30.3 Å². The predicted octanol–water partition coefficient (Wildman–Crippen LogP) is 3.99. The highest BCUT2D eigenvalue weighted by Crippen LogP contribution is 2.20. The third-order valence-electron chi connectivity index (χ3n) is 7.08. The maximum atomic E-state index is 13.4. The lowest BCUT2D eigenvalue weighted by Gasteiger charge is -2.25. The first-order chi connectivity index (χ1) is 19.3. The Balaban J connectivity index is 1.55. The summed E-state index contributed by atoms with van der Waals surface area (Å²) in [5.41, 5.74) is 10.1. The number of aliphatic hydroxyl groups excluding tert-OH is 1. The summed E-state index contributed by atoms with van der Waals surface area (Å²) < 4.78 is 5.95. The molecule has 6 N–H and O–H groups in total. The first-order valence-electron chi connectivity index (χ1n) is 14.0. The van der Waals surface area contributed by atoms with Crippen LogP contribution in [0.25, 0.3) is 0 Å². The molecule has 0 fully saturated rings. The number of hydrogen-bond donors (Lipinski definition) is 5. The lowest BCUT2D eigenvalue weighted by molar-refractivity contribution is 0.0830. The van der Waals surface area contributed by atoms with Crippen molar-refractivity contribution in [3.63, 3.8) is 0 Å². The van der Waals surface area contributed by atoms with E-state index in [1.54, 1.807) is 12.1 Å². The van der Waals surface area contributed by atoms with Gasteiger partial charge in [0.2, 0.25) is 5.91 Å². The Morgan fingerprint density at radius 1 is 1.10 bits per heavy atom. The van der Waals surface area contributed by atoms with Crippen LogP contribution < -0.4 is 26.4 Å². The van der Waals surface area contributed by atoms with Crippen LogP contribution in [-0.2, 0) is 13.0 Å². The molecule has 0 aliphatic carbocycles. The van der Waals surface area contributed by atoms with Gasteiger partial charge in [0.15, 0.2) is 0 Å². The molecule has 1 heterocycles. The zero-order chi connectivity index (χ0) is 28.5. The van der Waals surface area contributed by atoms with Crippen molar-refractivity contribution in [2.75, 3.05) is 25.0 Å². The van der Waals surface area contributed by atoms with Crippen molar-refractivity contribution >= 4 is 17.5 Å². The molecule has 3 aromatic rings. The van der Waals surface area contributed by atoms with Gasteiger partial charge in [-0.2, -0.15) is 0 Å². The van der Waals surface area contributed by atoms with Crippen LogP contribution in [0.3, 0.4) is 0 Å². The molecule has 0 unspecified atom stereocenters. The van der Waals surface area contributed by atoms with Crippen molar-refractivity contribution in [3.8, 4) is 5.75 Å². The van der Waals surface area contributed by atoms with Gasteiger partial charge in [0.05, 0.1) is 18.8 Å². The summed E-state index contributed by atoms with van der Waals surface area (Å²) in [6, 6.07) is 20.4. The van der Waals surface area contributed by atoms with Crippen molar-refractivity contribution in [2.45, 2.75) is 57.7 Å². The zero-order valence-corrected chi connectivity index (χ0v) is 23.3. The third-order valence-corrected chi connectivity index (χ3v) is 7.08. The summed E-state index contributed by atoms with van der Waals surface area (Å²) in [6.45, 7) is 6.42. The number of nitrogens with two attached hydrogens (primary N) is 1. The molecule has 40 heavy (non-hydrogen) atoms. The SMILES string of the molecule is CC(C)c1cccc(CNC[C@@H](O)[C@@H]2Cc3cccc(c3)OCCCCNc3cc(C(N)=O)cc(c3)C(=O)N2)c1. The van der Waals surface area contributed by atoms with Crippen LogP contribution in [0.2, 0.25) is 0 Å². The van der Waals surface area contributed by atoms with E-state index in [-0.39, 0.29) is 18.0 Å². The fourth-order valence-corrected chi connectivity index (χ4v) is 4.77. The van der Waals surface area contributed by atoms with Crippen LogP contribution in [0.1, 0.15) is 70.0 Å². The van der Waals surface area contributed by atoms with Crippen LogP contribution in [0.15, 0.2) is 66.7 Å². The van der Waals surface area contributed by atoms with Crippen molar-refractivity contribution in [1.29, 1.82) is 0 Å². The minimum atomic E-state index is -0.877. The monoisotopic (exact) mass is 544 g/mol. The lowest BCUT2D eigenvalue weighted by atomic mass is 9.99. The van der Waals surface area contributed by atoms with E-state index >= 15 is 0 Å². The van der Waals surface area contributed by atoms with E-state index in [9.17, 15) is 14.7 Å². The second kappa shape index (κ2) is 14.0. The molecule has 212 valence electrons. The van der Waals surface area contributed by atoms with E-state index in [4.69, 9.17) is 10.5 Å². The minimum absolute atomic E-state index is 0.245. The van der Waals surface area contributed by atoms with Gasteiger partial charge in [-0.15, -0.1) is 0 Å². The van der Waals surface area contributed by atoms with Crippen LogP contribution in [0.4, 0.5) is 5.69 Å². The summed E-state index contributed by atoms with van der Waals surface area (Å²) in [5.74, 6) is 0.193. The number of ether oxygens (including phenoxy) is 1. The molecule has 4 rings (SSSR count). The summed E-state index contributed by atoms with van der Waals surface area (Å²) >= 11 is 0. The highest BCUT2D eigenvalue weighted by molar-refractivity contribution is 6.00. The Bertz CT molecular complexity index is 1310. The number of rotatable bonds is 7. The molecule has 3 aromatic carbocycles. The first-order valence-corrected chi connectivity index (χ1v) is 14.0. The Morgan fingerprint density at radius 2 is 1.93 bits per heavy atom. The third kappa shape index (κ3) is 8.31. The van der Waals surface area contributed by atoms with E-state index < -0.39 is 18.1 Å². The van der Waals surface area contributed by atoms with Gasteiger partial charge in [-0.05, 0) is 72.2 Å². The summed E-state index contributed by atoms with van der Waals surface area (Å²) in [6.07, 6.45) is 1.21. The van der Waals surface area contributed by atoms with Crippen LogP contribution >= 0.6 is 0 Å². The number of carbonyl (C=O) groups is 2. The Kier molecular flexibility index (Phi) is 10.2. The van der Waals surface area contributed by atoms with E-state index in [0.29, 0.717) is 43.3 Å². The summed E-state index contributed by atoms with van der Waals surface area (Å²) in [4.78, 5) is 25.4. The van der Waals surface area contributed by atoms with Gasteiger partial charge in [-0.1, -0.05) is 50.2 Å². The molecule has 1 aliphatic rings. The van der Waals surface area contributed by atoms with Gasteiger partial charge >= 0.3 is 0 Å². The number of nitrogens with one attached hydrogen (secondary N) is 3. The van der Waals surface area contributed by atoms with Crippen LogP contribution in [0.5, 0.6) is 5.75 Å². The quantitative estimate of drug-likeness (QED) is 0.306. The van der Waals surface area contributed by atoms with Gasteiger partial charge in [-0.3, -0.25) is 9.59 Å². The molecule has 0 spiro atoms. The first kappa shape index (κ1) is 29.1. The molecule has 8 heteroatoms. The van der Waals surface area contributed by atoms with E-state index in [1.165, 1.54) is 11.6 Å². The molecule has 0 aromatic heterocycles. The number of aliphatic hydroxyl groups is 1. The predicted molar refractivity (Wildman–Crippen MR) is 158 cm³/mol. The van der Waals surface area contributed by atoms with Gasteiger partial charge < -0.3 is 31.5 Å². The fourth-order valence-electron chi connectivity index (χ4n) is 4.77. The number of fused-ring (bicyclic) bond motifs is 4. The average molecular weight is 545 g/mol. The van der Waals surface area contributed by atoms with Crippen LogP contribution in [-0.4, -0.2) is 48.8 Å². The average Bonchev–Trinajstić information content (AvgIpc) is 2.94. The van der Waals surface area contributed by atoms with Crippen molar-refractivity contribution in [3.05, 3.63) is 94.5 Å². The molecule has 0 saturated heterocycles. The second-order valence-corrected chi connectivity index (χ2v) is 10.7. The minimum Gasteiger partial charge on any atom is -0.494 e. The molecule has 2 atom stereocenters. The molecular formula is C32H40N4O4. The fraction of sp³-hybridized carbons (Fsp3) is 0.375. The number of amides is 2. The summed E-state index contributed by atoms with van der Waals surface area (Å²) in [5, 5.41) is 20.9. The Hall–Kier alpha value is -3.88. The highest BCUT2D eigenvalue weighted by Gasteiger charge is 2.23. The number of carbonyl (C=O) groups excluding carboxylic acids is 2. The lowest BCUT2D eigenvalue weighted by Crippen LogP contribution is -2.48. The van der Waals surface area contributed by atoms with Crippen molar-refractivity contribution in [2.24, 2.45) is 5.73 Å². The van der Waals surface area contributed by atoms with Crippen molar-refractivity contribution < 1.29 is 19.4 Å². The molecular weight excluding hydrogens is 504 g/mol. The van der Waals surface area contributed by atoms with Crippen LogP contribution in [0, 0.1) is 0 Å². The Labute approximate surface area is 236 Å². The number of benzene rings is 3. The normalized spacial score (nSPS) is 16.9. The maximum absolute atomic E-state index is 13.4. The summed E-state index contributed by atoms with van der Waals surface area (Å²) in [7, 11) is 0. The number of hydrogen-bond acceptors (Lipinski definition) is 6. The molecule has 4 bridgehead atoms. The Morgan fingerprint density at radius 3 is 2.73 bits per heavy atom. The highest BCUT2D eigenvalue weighted by atomic mass is 16.5. The van der Waals surface area contributed by atoms with Gasteiger partial charge in [0, 0.05) is 36.4 Å². The van der Waals surface area contributed by atoms with Gasteiger partial charge in [0.1, 0.15) is 5.75 Å². The molecule has 2 amide bonds. The maximum Gasteiger partial charge on any atom is 0.251 e. The number of anilines is 1. The van der Waals surface area contributed by atoms with Gasteiger partial charge in [0.25, 0.3) is 5.91 Å². The molecule has 8 nitrogen and oxygen atoms in total. The second-order valence-electron chi connectivity index (χ2n) is 10.7. The number of primary amides is 1. The van der Waals surface area contributed by atoms with E-state index in [2.05, 4.69) is 48.0 Å². The van der Waals surface area contributed by atoms with E-state index in [0.717, 1.165) is 29.7 Å². The molecule has 1 aliphatic heterocycles. The largest absolute Gasteiger partial charge is 0.494 e. The van der Waals surface area contributed by atoms with Crippen molar-refractivity contribution in [1.82, 2.24) is 10.6 Å². The molecule has 0 radical (unpaired) electrons. The molecule has 0 saturated carbocycles. The smallest absolute Gasteiger partial charge is 0.251 e.